The molecule has 0 saturated heterocycles. The van der Waals surface area contributed by atoms with E-state index in [9.17, 15) is 0 Å². The molecule has 2 atom stereocenters. The summed E-state index contributed by atoms with van der Waals surface area (Å²) in [6.07, 6.45) is 1.10. The summed E-state index contributed by atoms with van der Waals surface area (Å²) in [4.78, 5) is 0. The summed E-state index contributed by atoms with van der Waals surface area (Å²) >= 11 is 0. The molecule has 0 aromatic heterocycles. The van der Waals surface area contributed by atoms with E-state index in [2.05, 4.69) is 18.2 Å². The van der Waals surface area contributed by atoms with E-state index in [1.807, 2.05) is 36.4 Å². The van der Waals surface area contributed by atoms with Gasteiger partial charge in [-0.15, -0.1) is 0 Å². The predicted molar refractivity (Wildman–Crippen MR) is 125 cm³/mol. The van der Waals surface area contributed by atoms with Gasteiger partial charge in [-0.1, -0.05) is 36.4 Å². The number of nitrogens with one attached hydrogen (secondary N) is 1. The Morgan fingerprint density at radius 2 is 1.61 bits per heavy atom. The number of hydrogen-bond donors (Lipinski definition) is 2. The lowest BCUT2D eigenvalue weighted by Crippen LogP contribution is -2.11. The number of ether oxygens (including phenoxy) is 3. The summed E-state index contributed by atoms with van der Waals surface area (Å²) in [5.74, 6) is 2.51. The molecule has 2 N–H and O–H groups in total. The van der Waals surface area contributed by atoms with Crippen LogP contribution in [0, 0.1) is 22.7 Å². The number of aliphatic hydroxyl groups excluding tert-OH is 1. The molecule has 0 spiro atoms. The number of benzene rings is 3. The van der Waals surface area contributed by atoms with Gasteiger partial charge >= 0.3 is 0 Å². The van der Waals surface area contributed by atoms with Crippen LogP contribution in [-0.2, 0) is 11.3 Å². The zero-order valence-corrected chi connectivity index (χ0v) is 18.2. The molecule has 1 fully saturated rings. The Kier molecular flexibility index (Phi) is 7.36. The fourth-order valence-corrected chi connectivity index (χ4v) is 3.69. The lowest BCUT2D eigenvalue weighted by molar-refractivity contribution is -0.00675. The van der Waals surface area contributed by atoms with Crippen LogP contribution in [0.5, 0.6) is 11.5 Å². The van der Waals surface area contributed by atoms with Crippen molar-refractivity contribution >= 4 is 5.71 Å². The average Bonchev–Trinajstić information content (AvgIpc) is 3.65. The molecule has 1 aliphatic rings. The Labute approximate surface area is 193 Å². The first-order chi connectivity index (χ1) is 16.2. The molecule has 0 aliphatic heterocycles. The average molecular weight is 443 g/mol. The number of hydrogen-bond acceptors (Lipinski definition) is 6. The first-order valence-corrected chi connectivity index (χ1v) is 10.9. The highest BCUT2D eigenvalue weighted by molar-refractivity contribution is 5.99. The van der Waals surface area contributed by atoms with E-state index in [0.29, 0.717) is 42.1 Å². The Bertz CT molecular complexity index is 1100. The van der Waals surface area contributed by atoms with Crippen molar-refractivity contribution in [3.05, 3.63) is 95.1 Å². The number of aliphatic hydroxyl groups is 1. The maximum atomic E-state index is 8.86. The van der Waals surface area contributed by atoms with Gasteiger partial charge in [-0.3, -0.25) is 0 Å². The van der Waals surface area contributed by atoms with E-state index < -0.39 is 0 Å². The second-order valence-electron chi connectivity index (χ2n) is 8.06. The Balaban J connectivity index is 1.22. The zero-order chi connectivity index (χ0) is 23.0. The lowest BCUT2D eigenvalue weighted by atomic mass is 10.1. The quantitative estimate of drug-likeness (QED) is 0.333. The summed E-state index contributed by atoms with van der Waals surface area (Å²) in [5.41, 5.74) is 3.97. The van der Waals surface area contributed by atoms with Gasteiger partial charge in [0.25, 0.3) is 0 Å². The molecule has 168 valence electrons. The minimum atomic E-state index is -0.217. The van der Waals surface area contributed by atoms with Gasteiger partial charge in [0.05, 0.1) is 24.0 Å². The van der Waals surface area contributed by atoms with Gasteiger partial charge < -0.3 is 24.7 Å². The topological polar surface area (TPSA) is 95.6 Å². The van der Waals surface area contributed by atoms with Crippen LogP contribution in [0.1, 0.15) is 34.6 Å². The predicted octanol–water partition coefficient (Wildman–Crippen LogP) is 4.65. The molecule has 33 heavy (non-hydrogen) atoms. The minimum absolute atomic E-state index is 0.155. The normalized spacial score (nSPS) is 16.6. The molecular formula is C27H26N2O4. The van der Waals surface area contributed by atoms with E-state index in [0.717, 1.165) is 23.3 Å². The summed E-state index contributed by atoms with van der Waals surface area (Å²) in [7, 11) is 0. The van der Waals surface area contributed by atoms with Crippen molar-refractivity contribution in [3.63, 3.8) is 0 Å². The van der Waals surface area contributed by atoms with Gasteiger partial charge in [0.1, 0.15) is 31.5 Å². The fourth-order valence-electron chi connectivity index (χ4n) is 3.69. The standard InChI is InChI=1S/C27H26N2O4/c28-14-19-1-5-22(6-2-19)27(29)17-33-24-9-3-20(4-10-24)15-32-25-11-7-21(8-12-25)26-13-23(26)16-31-18-30/h1-12,23,26,29-30H,13,15-18H2. The number of nitrogens with zero attached hydrogens (tertiary/aromatic N) is 1. The summed E-state index contributed by atoms with van der Waals surface area (Å²) in [6.45, 7) is 1.00. The van der Waals surface area contributed by atoms with E-state index in [-0.39, 0.29) is 13.4 Å². The zero-order valence-electron chi connectivity index (χ0n) is 18.2. The van der Waals surface area contributed by atoms with Crippen molar-refractivity contribution in [2.45, 2.75) is 18.9 Å². The summed E-state index contributed by atoms with van der Waals surface area (Å²) < 4.78 is 16.7. The molecule has 4 rings (SSSR count). The van der Waals surface area contributed by atoms with Gasteiger partial charge in [-0.05, 0) is 71.3 Å². The van der Waals surface area contributed by atoms with Crippen molar-refractivity contribution in [2.24, 2.45) is 5.92 Å². The molecule has 0 amide bonds. The highest BCUT2D eigenvalue weighted by Crippen LogP contribution is 2.47. The van der Waals surface area contributed by atoms with Gasteiger partial charge in [-0.2, -0.15) is 5.26 Å². The largest absolute Gasteiger partial charge is 0.489 e. The molecule has 0 bridgehead atoms. The van der Waals surface area contributed by atoms with Crippen LogP contribution in [-0.4, -0.2) is 30.8 Å². The van der Waals surface area contributed by atoms with Gasteiger partial charge in [-0.25, -0.2) is 0 Å². The second kappa shape index (κ2) is 10.8. The van der Waals surface area contributed by atoms with Crippen molar-refractivity contribution in [1.29, 1.82) is 10.7 Å². The van der Waals surface area contributed by atoms with Crippen molar-refractivity contribution < 1.29 is 19.3 Å². The van der Waals surface area contributed by atoms with Gasteiger partial charge in [0, 0.05) is 0 Å². The van der Waals surface area contributed by atoms with Crippen LogP contribution in [0.3, 0.4) is 0 Å². The third-order valence-corrected chi connectivity index (χ3v) is 5.73. The van der Waals surface area contributed by atoms with E-state index in [1.165, 1.54) is 5.56 Å². The monoisotopic (exact) mass is 442 g/mol. The third-order valence-electron chi connectivity index (χ3n) is 5.73. The second-order valence-corrected chi connectivity index (χ2v) is 8.06. The first kappa shape index (κ1) is 22.5. The van der Waals surface area contributed by atoms with Gasteiger partial charge in [0.15, 0.2) is 0 Å². The Hall–Kier alpha value is -3.66. The van der Waals surface area contributed by atoms with Crippen LogP contribution < -0.4 is 9.47 Å². The van der Waals surface area contributed by atoms with Crippen LogP contribution >= 0.6 is 0 Å². The molecule has 6 nitrogen and oxygen atoms in total. The molecule has 1 aliphatic carbocycles. The van der Waals surface area contributed by atoms with E-state index >= 15 is 0 Å². The lowest BCUT2D eigenvalue weighted by Gasteiger charge is -2.10. The molecule has 6 heteroatoms. The highest BCUT2D eigenvalue weighted by Gasteiger charge is 2.38. The first-order valence-electron chi connectivity index (χ1n) is 10.9. The summed E-state index contributed by atoms with van der Waals surface area (Å²) in [6, 6.07) is 24.8. The van der Waals surface area contributed by atoms with Crippen molar-refractivity contribution in [2.75, 3.05) is 20.0 Å². The fraction of sp³-hybridized carbons (Fsp3) is 0.259. The van der Waals surface area contributed by atoms with Crippen LogP contribution in [0.15, 0.2) is 72.8 Å². The van der Waals surface area contributed by atoms with Crippen molar-refractivity contribution in [1.82, 2.24) is 0 Å². The molecule has 0 radical (unpaired) electrons. The molecule has 3 aromatic rings. The SMILES string of the molecule is N#Cc1ccc(C(=N)COc2ccc(COc3ccc(C4CC4COCO)cc3)cc2)cc1. The maximum absolute atomic E-state index is 8.86. The highest BCUT2D eigenvalue weighted by atomic mass is 16.6. The van der Waals surface area contributed by atoms with Gasteiger partial charge in [0.2, 0.25) is 0 Å². The number of nitriles is 1. The van der Waals surface area contributed by atoms with Crippen LogP contribution in [0.2, 0.25) is 0 Å². The minimum Gasteiger partial charge on any atom is -0.489 e. The molecule has 3 aromatic carbocycles. The van der Waals surface area contributed by atoms with Crippen LogP contribution in [0.4, 0.5) is 0 Å². The maximum Gasteiger partial charge on any atom is 0.143 e. The molecule has 0 heterocycles. The Morgan fingerprint density at radius 3 is 2.27 bits per heavy atom. The third kappa shape index (κ3) is 6.19. The molecule has 1 saturated carbocycles. The Morgan fingerprint density at radius 1 is 0.939 bits per heavy atom. The van der Waals surface area contributed by atoms with E-state index in [1.54, 1.807) is 24.3 Å². The van der Waals surface area contributed by atoms with Crippen LogP contribution in [0.25, 0.3) is 0 Å². The number of rotatable bonds is 11. The molecule has 2 unspecified atom stereocenters. The smallest absolute Gasteiger partial charge is 0.143 e. The molecular weight excluding hydrogens is 416 g/mol. The van der Waals surface area contributed by atoms with E-state index in [4.69, 9.17) is 30.0 Å². The summed E-state index contributed by atoms with van der Waals surface area (Å²) in [5, 5.41) is 25.8. The van der Waals surface area contributed by atoms with Crippen molar-refractivity contribution in [3.8, 4) is 17.6 Å².